The van der Waals surface area contributed by atoms with Gasteiger partial charge >= 0.3 is 5.97 Å². The molecule has 1 saturated heterocycles. The van der Waals surface area contributed by atoms with E-state index >= 15 is 0 Å². The molecule has 0 radical (unpaired) electrons. The van der Waals surface area contributed by atoms with Gasteiger partial charge < -0.3 is 19.5 Å². The zero-order chi connectivity index (χ0) is 20.1. The number of carbonyl (C=O) groups excluding carboxylic acids is 2. The SMILES string of the molecule is COc1cc(/C=C/C(=O)OCC(=O)N[C@@]2(C)CCS(=O)(=O)C2)cc(OC)c1. The minimum absolute atomic E-state index is 0.0380. The van der Waals surface area contributed by atoms with Crippen LogP contribution in [-0.2, 0) is 24.2 Å². The second kappa shape index (κ2) is 8.43. The van der Waals surface area contributed by atoms with Crippen LogP contribution in [-0.4, -0.2) is 58.2 Å². The summed E-state index contributed by atoms with van der Waals surface area (Å²) in [5, 5.41) is 2.62. The van der Waals surface area contributed by atoms with Crippen LogP contribution in [0.1, 0.15) is 18.9 Å². The number of hydrogen-bond acceptors (Lipinski definition) is 7. The van der Waals surface area contributed by atoms with Gasteiger partial charge in [0.15, 0.2) is 16.4 Å². The van der Waals surface area contributed by atoms with Crippen molar-refractivity contribution >= 4 is 27.8 Å². The Kier molecular flexibility index (Phi) is 6.48. The van der Waals surface area contributed by atoms with Gasteiger partial charge in [0.2, 0.25) is 0 Å². The lowest BCUT2D eigenvalue weighted by Crippen LogP contribution is -2.48. The minimum Gasteiger partial charge on any atom is -0.497 e. The summed E-state index contributed by atoms with van der Waals surface area (Å²) < 4.78 is 38.3. The molecule has 0 saturated carbocycles. The van der Waals surface area contributed by atoms with E-state index in [0.717, 1.165) is 0 Å². The number of rotatable bonds is 7. The van der Waals surface area contributed by atoms with E-state index in [4.69, 9.17) is 14.2 Å². The fourth-order valence-electron chi connectivity index (χ4n) is 2.76. The molecule has 1 amide bonds. The largest absolute Gasteiger partial charge is 0.497 e. The van der Waals surface area contributed by atoms with Crippen molar-refractivity contribution in [2.24, 2.45) is 0 Å². The molecule has 1 aromatic carbocycles. The standard InChI is InChI=1S/C18H23NO7S/c1-18(6-7-27(22,23)12-18)19-16(20)11-26-17(21)5-4-13-8-14(24-2)10-15(9-13)25-3/h4-5,8-10H,6-7,11-12H2,1-3H3,(H,19,20)/b5-4+/t18-/m0/s1. The van der Waals surface area contributed by atoms with Crippen LogP contribution in [0, 0.1) is 0 Å². The maximum atomic E-state index is 11.9. The van der Waals surface area contributed by atoms with E-state index in [0.29, 0.717) is 23.5 Å². The highest BCUT2D eigenvalue weighted by Gasteiger charge is 2.39. The first-order valence-electron chi connectivity index (χ1n) is 8.24. The Hall–Kier alpha value is -2.55. The lowest BCUT2D eigenvalue weighted by Gasteiger charge is -2.23. The number of nitrogens with one attached hydrogen (secondary N) is 1. The van der Waals surface area contributed by atoms with Gasteiger partial charge in [0.1, 0.15) is 11.5 Å². The predicted molar refractivity (Wildman–Crippen MR) is 99.4 cm³/mol. The molecular weight excluding hydrogens is 374 g/mol. The summed E-state index contributed by atoms with van der Waals surface area (Å²) in [4.78, 5) is 23.7. The third kappa shape index (κ3) is 6.28. The summed E-state index contributed by atoms with van der Waals surface area (Å²) in [5.41, 5.74) is -0.161. The van der Waals surface area contributed by atoms with Crippen molar-refractivity contribution in [1.82, 2.24) is 5.32 Å². The quantitative estimate of drug-likeness (QED) is 0.539. The van der Waals surface area contributed by atoms with Gasteiger partial charge in [-0.2, -0.15) is 0 Å². The van der Waals surface area contributed by atoms with Crippen LogP contribution in [0.4, 0.5) is 0 Å². The molecular formula is C18H23NO7S. The van der Waals surface area contributed by atoms with Crippen LogP contribution in [0.5, 0.6) is 11.5 Å². The van der Waals surface area contributed by atoms with Crippen LogP contribution in [0.2, 0.25) is 0 Å². The molecule has 1 fully saturated rings. The molecule has 0 bridgehead atoms. The van der Waals surface area contributed by atoms with Crippen molar-refractivity contribution in [1.29, 1.82) is 0 Å². The van der Waals surface area contributed by atoms with Crippen molar-refractivity contribution in [3.8, 4) is 11.5 Å². The maximum absolute atomic E-state index is 11.9. The fraction of sp³-hybridized carbons (Fsp3) is 0.444. The molecule has 1 heterocycles. The van der Waals surface area contributed by atoms with E-state index in [9.17, 15) is 18.0 Å². The third-order valence-electron chi connectivity index (χ3n) is 4.08. The number of esters is 1. The number of ether oxygens (including phenoxy) is 3. The van der Waals surface area contributed by atoms with Crippen LogP contribution in [0.15, 0.2) is 24.3 Å². The summed E-state index contributed by atoms with van der Waals surface area (Å²) in [6.45, 7) is 1.17. The zero-order valence-corrected chi connectivity index (χ0v) is 16.3. The Bertz CT molecular complexity index is 825. The first kappa shape index (κ1) is 20.8. The van der Waals surface area contributed by atoms with Gasteiger partial charge in [0.25, 0.3) is 5.91 Å². The maximum Gasteiger partial charge on any atom is 0.331 e. The van der Waals surface area contributed by atoms with Crippen LogP contribution >= 0.6 is 0 Å². The Morgan fingerprint density at radius 3 is 2.33 bits per heavy atom. The first-order valence-corrected chi connectivity index (χ1v) is 10.1. The molecule has 2 rings (SSSR count). The predicted octanol–water partition coefficient (Wildman–Crippen LogP) is 0.954. The fourth-order valence-corrected chi connectivity index (χ4v) is 4.85. The van der Waals surface area contributed by atoms with Crippen molar-refractivity contribution in [2.75, 3.05) is 32.3 Å². The van der Waals surface area contributed by atoms with Gasteiger partial charge in [-0.05, 0) is 37.1 Å². The summed E-state index contributed by atoms with van der Waals surface area (Å²) in [7, 11) is -0.0976. The second-order valence-electron chi connectivity index (χ2n) is 6.54. The highest BCUT2D eigenvalue weighted by atomic mass is 32.2. The molecule has 1 aliphatic heterocycles. The zero-order valence-electron chi connectivity index (χ0n) is 15.5. The van der Waals surface area contributed by atoms with Crippen molar-refractivity contribution < 1.29 is 32.2 Å². The monoisotopic (exact) mass is 397 g/mol. The first-order chi connectivity index (χ1) is 12.6. The average Bonchev–Trinajstić information content (AvgIpc) is 2.90. The topological polar surface area (TPSA) is 108 Å². The lowest BCUT2D eigenvalue weighted by atomic mass is 10.0. The molecule has 0 spiro atoms. The van der Waals surface area contributed by atoms with Crippen LogP contribution in [0.3, 0.4) is 0 Å². The van der Waals surface area contributed by atoms with E-state index in [2.05, 4.69) is 5.32 Å². The summed E-state index contributed by atoms with van der Waals surface area (Å²) >= 11 is 0. The number of amides is 1. The van der Waals surface area contributed by atoms with Crippen molar-refractivity contribution in [2.45, 2.75) is 18.9 Å². The summed E-state index contributed by atoms with van der Waals surface area (Å²) in [6, 6.07) is 5.12. The Balaban J connectivity index is 1.87. The molecule has 1 aliphatic rings. The average molecular weight is 397 g/mol. The smallest absolute Gasteiger partial charge is 0.331 e. The van der Waals surface area contributed by atoms with Gasteiger partial charge in [-0.1, -0.05) is 0 Å². The molecule has 8 nitrogen and oxygen atoms in total. The van der Waals surface area contributed by atoms with E-state index < -0.39 is 33.9 Å². The molecule has 0 aliphatic carbocycles. The molecule has 9 heteroatoms. The van der Waals surface area contributed by atoms with Crippen molar-refractivity contribution in [3.05, 3.63) is 29.8 Å². The van der Waals surface area contributed by atoms with Crippen LogP contribution < -0.4 is 14.8 Å². The third-order valence-corrected chi connectivity index (χ3v) is 5.98. The number of sulfone groups is 1. The van der Waals surface area contributed by atoms with Gasteiger partial charge in [-0.25, -0.2) is 13.2 Å². The molecule has 1 atom stereocenters. The second-order valence-corrected chi connectivity index (χ2v) is 8.72. The van der Waals surface area contributed by atoms with Gasteiger partial charge in [0.05, 0.1) is 31.3 Å². The van der Waals surface area contributed by atoms with Gasteiger partial charge in [0, 0.05) is 12.1 Å². The highest BCUT2D eigenvalue weighted by Crippen LogP contribution is 2.24. The van der Waals surface area contributed by atoms with E-state index in [1.54, 1.807) is 25.1 Å². The Morgan fingerprint density at radius 1 is 1.19 bits per heavy atom. The van der Waals surface area contributed by atoms with Gasteiger partial charge in [-0.15, -0.1) is 0 Å². The van der Waals surface area contributed by atoms with E-state index in [-0.39, 0.29) is 11.5 Å². The molecule has 1 N–H and O–H groups in total. The number of carbonyl (C=O) groups is 2. The van der Waals surface area contributed by atoms with Crippen molar-refractivity contribution in [3.63, 3.8) is 0 Å². The van der Waals surface area contributed by atoms with E-state index in [1.807, 2.05) is 0 Å². The summed E-state index contributed by atoms with van der Waals surface area (Å²) in [6.07, 6.45) is 3.03. The Morgan fingerprint density at radius 2 is 1.81 bits per heavy atom. The lowest BCUT2D eigenvalue weighted by molar-refractivity contribution is -0.144. The minimum atomic E-state index is -3.14. The molecule has 0 unspecified atom stereocenters. The number of benzene rings is 1. The molecule has 27 heavy (non-hydrogen) atoms. The molecule has 0 aromatic heterocycles. The number of hydrogen-bond donors (Lipinski definition) is 1. The molecule has 148 valence electrons. The Labute approximate surface area is 158 Å². The normalized spacial score (nSPS) is 21.0. The van der Waals surface area contributed by atoms with Gasteiger partial charge in [-0.3, -0.25) is 4.79 Å². The van der Waals surface area contributed by atoms with E-state index in [1.165, 1.54) is 26.4 Å². The summed E-state index contributed by atoms with van der Waals surface area (Å²) in [5.74, 6) is -0.174. The van der Waals surface area contributed by atoms with Crippen LogP contribution in [0.25, 0.3) is 6.08 Å². The number of methoxy groups -OCH3 is 2. The molecule has 1 aromatic rings. The highest BCUT2D eigenvalue weighted by molar-refractivity contribution is 7.91.